The number of para-hydroxylation sites is 2. The van der Waals surface area contributed by atoms with Crippen molar-refractivity contribution in [2.75, 3.05) is 11.4 Å². The summed E-state index contributed by atoms with van der Waals surface area (Å²) in [7, 11) is 0. The van der Waals surface area contributed by atoms with Crippen LogP contribution in [-0.4, -0.2) is 27.3 Å². The van der Waals surface area contributed by atoms with E-state index < -0.39 is 0 Å². The fourth-order valence-corrected chi connectivity index (χ4v) is 4.65. The van der Waals surface area contributed by atoms with Crippen LogP contribution in [0, 0.1) is 0 Å². The molecule has 5 nitrogen and oxygen atoms in total. The van der Waals surface area contributed by atoms with Crippen LogP contribution in [0.4, 0.5) is 5.69 Å². The Balaban J connectivity index is 1.65. The highest BCUT2D eigenvalue weighted by Gasteiger charge is 2.29. The number of carbonyl (C=O) groups excluding carboxylic acids is 1. The van der Waals surface area contributed by atoms with Gasteiger partial charge in [0.2, 0.25) is 5.91 Å². The first kappa shape index (κ1) is 18.7. The van der Waals surface area contributed by atoms with Gasteiger partial charge in [0, 0.05) is 18.8 Å². The molecule has 6 heteroatoms. The fourth-order valence-electron chi connectivity index (χ4n) is 3.65. The summed E-state index contributed by atoms with van der Waals surface area (Å²) in [5, 5.41) is 0.897. The molecule has 1 unspecified atom stereocenters. The van der Waals surface area contributed by atoms with E-state index in [0.717, 1.165) is 18.5 Å². The normalized spacial score (nSPS) is 14.3. The molecular weight excluding hydrogens is 370 g/mol. The van der Waals surface area contributed by atoms with Gasteiger partial charge < -0.3 is 4.90 Å². The van der Waals surface area contributed by atoms with Crippen LogP contribution in [0.1, 0.15) is 25.8 Å². The molecule has 3 aromatic rings. The van der Waals surface area contributed by atoms with Crippen LogP contribution in [0.2, 0.25) is 0 Å². The second kappa shape index (κ2) is 7.80. The molecule has 0 bridgehead atoms. The van der Waals surface area contributed by atoms with Crippen molar-refractivity contribution in [3.63, 3.8) is 0 Å². The number of anilines is 1. The molecule has 28 heavy (non-hydrogen) atoms. The fraction of sp³-hybridized carbons (Fsp3) is 0.318. The summed E-state index contributed by atoms with van der Waals surface area (Å²) >= 11 is 1.37. The average molecular weight is 394 g/mol. The number of benzene rings is 2. The largest absolute Gasteiger partial charge is 0.311 e. The highest BCUT2D eigenvalue weighted by atomic mass is 32.2. The highest BCUT2D eigenvalue weighted by Crippen LogP contribution is 2.31. The van der Waals surface area contributed by atoms with Gasteiger partial charge in [-0.1, -0.05) is 49.0 Å². The van der Waals surface area contributed by atoms with Crippen molar-refractivity contribution in [3.8, 4) is 0 Å². The zero-order valence-electron chi connectivity index (χ0n) is 16.1. The molecule has 1 aromatic heterocycles. The van der Waals surface area contributed by atoms with Gasteiger partial charge in [-0.3, -0.25) is 14.2 Å². The smallest absolute Gasteiger partial charge is 0.262 e. The minimum Gasteiger partial charge on any atom is -0.311 e. The lowest BCUT2D eigenvalue weighted by atomic mass is 10.2. The Morgan fingerprint density at radius 2 is 1.93 bits per heavy atom. The van der Waals surface area contributed by atoms with Crippen molar-refractivity contribution >= 4 is 34.3 Å². The molecule has 0 saturated carbocycles. The molecule has 2 heterocycles. The first-order chi connectivity index (χ1) is 13.6. The van der Waals surface area contributed by atoms with E-state index in [-0.39, 0.29) is 16.7 Å². The van der Waals surface area contributed by atoms with Crippen molar-refractivity contribution in [1.29, 1.82) is 0 Å². The molecule has 1 aliphatic rings. The molecule has 0 N–H and O–H groups in total. The summed E-state index contributed by atoms with van der Waals surface area (Å²) in [6.45, 7) is 5.22. The Kier molecular flexibility index (Phi) is 5.22. The third kappa shape index (κ3) is 3.33. The van der Waals surface area contributed by atoms with E-state index in [1.165, 1.54) is 17.3 Å². The first-order valence-electron chi connectivity index (χ1n) is 9.65. The van der Waals surface area contributed by atoms with Crippen LogP contribution in [0.25, 0.3) is 10.9 Å². The maximum atomic E-state index is 13.1. The second-order valence-electron chi connectivity index (χ2n) is 7.00. The van der Waals surface area contributed by atoms with Crippen molar-refractivity contribution in [2.24, 2.45) is 0 Å². The number of hydrogen-bond donors (Lipinski definition) is 0. The summed E-state index contributed by atoms with van der Waals surface area (Å²) in [6, 6.07) is 15.4. The lowest BCUT2D eigenvalue weighted by Crippen LogP contribution is -2.35. The quantitative estimate of drug-likeness (QED) is 0.488. The zero-order chi connectivity index (χ0) is 19.7. The van der Waals surface area contributed by atoms with Gasteiger partial charge in [0.05, 0.1) is 16.2 Å². The van der Waals surface area contributed by atoms with E-state index in [2.05, 4.69) is 6.07 Å². The number of carbonyl (C=O) groups is 1. The number of hydrogen-bond acceptors (Lipinski definition) is 4. The predicted octanol–water partition coefficient (Wildman–Crippen LogP) is 3.88. The third-order valence-electron chi connectivity index (χ3n) is 5.06. The second-order valence-corrected chi connectivity index (χ2v) is 8.30. The maximum Gasteiger partial charge on any atom is 0.262 e. The Morgan fingerprint density at radius 1 is 1.18 bits per heavy atom. The van der Waals surface area contributed by atoms with Gasteiger partial charge in [0.1, 0.15) is 0 Å². The Morgan fingerprint density at radius 3 is 2.75 bits per heavy atom. The number of amides is 1. The van der Waals surface area contributed by atoms with Gasteiger partial charge in [0.15, 0.2) is 5.16 Å². The molecule has 0 aliphatic carbocycles. The molecule has 1 aliphatic heterocycles. The van der Waals surface area contributed by atoms with Crippen LogP contribution in [0.3, 0.4) is 0 Å². The molecule has 4 rings (SSSR count). The maximum absolute atomic E-state index is 13.1. The molecule has 1 atom stereocenters. The number of rotatable bonds is 5. The highest BCUT2D eigenvalue weighted by molar-refractivity contribution is 8.00. The van der Waals surface area contributed by atoms with Crippen LogP contribution >= 0.6 is 11.8 Å². The molecule has 2 aromatic carbocycles. The van der Waals surface area contributed by atoms with Crippen LogP contribution < -0.4 is 10.5 Å². The van der Waals surface area contributed by atoms with Gasteiger partial charge in [-0.05, 0) is 43.5 Å². The van der Waals surface area contributed by atoms with Gasteiger partial charge >= 0.3 is 0 Å². The molecule has 0 spiro atoms. The lowest BCUT2D eigenvalue weighted by Gasteiger charge is -2.22. The molecule has 1 amide bonds. The van der Waals surface area contributed by atoms with E-state index in [0.29, 0.717) is 29.1 Å². The standard InChI is InChI=1S/C22H23N3O2S/c1-3-13-25-21(27)17-9-5-6-10-18(17)23-22(25)28-15(2)20(26)24-14-12-16-8-4-7-11-19(16)24/h4-11,15H,3,12-14H2,1-2H3. The van der Waals surface area contributed by atoms with Gasteiger partial charge in [-0.2, -0.15) is 0 Å². The average Bonchev–Trinajstić information content (AvgIpc) is 3.14. The molecule has 0 radical (unpaired) electrons. The zero-order valence-corrected chi connectivity index (χ0v) is 16.9. The van der Waals surface area contributed by atoms with E-state index in [1.807, 2.05) is 55.1 Å². The molecule has 0 saturated heterocycles. The van der Waals surface area contributed by atoms with Crippen LogP contribution in [-0.2, 0) is 17.8 Å². The number of aromatic nitrogens is 2. The van der Waals surface area contributed by atoms with Crippen molar-refractivity contribution in [3.05, 3.63) is 64.4 Å². The molecule has 144 valence electrons. The van der Waals surface area contributed by atoms with E-state index in [1.54, 1.807) is 10.6 Å². The monoisotopic (exact) mass is 393 g/mol. The topological polar surface area (TPSA) is 55.2 Å². The summed E-state index contributed by atoms with van der Waals surface area (Å²) in [6.07, 6.45) is 1.71. The first-order valence-corrected chi connectivity index (χ1v) is 10.5. The van der Waals surface area contributed by atoms with Gasteiger partial charge in [0.25, 0.3) is 5.56 Å². The predicted molar refractivity (Wildman–Crippen MR) is 114 cm³/mol. The van der Waals surface area contributed by atoms with Crippen molar-refractivity contribution in [2.45, 2.75) is 43.6 Å². The minimum absolute atomic E-state index is 0.0406. The van der Waals surface area contributed by atoms with Crippen LogP contribution in [0.15, 0.2) is 58.5 Å². The SMILES string of the molecule is CCCn1c(SC(C)C(=O)N2CCc3ccccc32)nc2ccccc2c1=O. The summed E-state index contributed by atoms with van der Waals surface area (Å²) in [4.78, 5) is 32.6. The Labute approximate surface area is 168 Å². The Hall–Kier alpha value is -2.60. The number of thioether (sulfide) groups is 1. The minimum atomic E-state index is -0.331. The van der Waals surface area contributed by atoms with E-state index in [4.69, 9.17) is 4.98 Å². The third-order valence-corrected chi connectivity index (χ3v) is 6.13. The molecule has 0 fully saturated rings. The van der Waals surface area contributed by atoms with E-state index >= 15 is 0 Å². The summed E-state index contributed by atoms with van der Waals surface area (Å²) in [5.74, 6) is 0.0559. The van der Waals surface area contributed by atoms with E-state index in [9.17, 15) is 9.59 Å². The summed E-state index contributed by atoms with van der Waals surface area (Å²) < 4.78 is 1.70. The summed E-state index contributed by atoms with van der Waals surface area (Å²) in [5.41, 5.74) is 2.84. The lowest BCUT2D eigenvalue weighted by molar-refractivity contribution is -0.117. The van der Waals surface area contributed by atoms with Crippen molar-refractivity contribution < 1.29 is 4.79 Å². The molecular formula is C22H23N3O2S. The number of fused-ring (bicyclic) bond motifs is 2. The van der Waals surface area contributed by atoms with Crippen molar-refractivity contribution in [1.82, 2.24) is 9.55 Å². The van der Waals surface area contributed by atoms with Gasteiger partial charge in [-0.25, -0.2) is 4.98 Å². The number of nitrogens with zero attached hydrogens (tertiary/aromatic N) is 3. The Bertz CT molecular complexity index is 1090. The van der Waals surface area contributed by atoms with Crippen LogP contribution in [0.5, 0.6) is 0 Å². The van der Waals surface area contributed by atoms with Gasteiger partial charge in [-0.15, -0.1) is 0 Å².